The smallest absolute Gasteiger partial charge is 0.271 e. The molecule has 0 bridgehead atoms. The van der Waals surface area contributed by atoms with Crippen LogP contribution in [0.5, 0.6) is 0 Å². The SMILES string of the molecule is CCc1ccccc1NC(=O)[C@H]1CC(=O)N(c2cccc([N+](=O)[O-])c2)C1. The molecule has 1 saturated heterocycles. The van der Waals surface area contributed by atoms with E-state index in [0.29, 0.717) is 5.69 Å². The van der Waals surface area contributed by atoms with Gasteiger partial charge in [-0.15, -0.1) is 0 Å². The molecule has 0 aromatic heterocycles. The first-order valence-corrected chi connectivity index (χ1v) is 8.43. The number of nitrogens with one attached hydrogen (secondary N) is 1. The number of carbonyl (C=O) groups excluding carboxylic acids is 2. The highest BCUT2D eigenvalue weighted by Gasteiger charge is 2.35. The summed E-state index contributed by atoms with van der Waals surface area (Å²) in [4.78, 5) is 36.8. The standard InChI is InChI=1S/C19H19N3O4/c1-2-13-6-3-4-9-17(13)20-19(24)14-10-18(23)21(12-14)15-7-5-8-16(11-15)22(25)26/h3-9,11,14H,2,10,12H2,1H3,(H,20,24)/t14-/m0/s1. The average molecular weight is 353 g/mol. The van der Waals surface area contributed by atoms with Gasteiger partial charge in [-0.2, -0.15) is 0 Å². The van der Waals surface area contributed by atoms with E-state index in [2.05, 4.69) is 5.32 Å². The minimum atomic E-state index is -0.504. The molecule has 7 heteroatoms. The van der Waals surface area contributed by atoms with Crippen molar-refractivity contribution in [3.63, 3.8) is 0 Å². The maximum atomic E-state index is 12.6. The molecule has 3 rings (SSSR count). The number of nitrogens with zero attached hydrogens (tertiary/aromatic N) is 2. The fraction of sp³-hybridized carbons (Fsp3) is 0.263. The summed E-state index contributed by atoms with van der Waals surface area (Å²) in [6.45, 7) is 2.22. The summed E-state index contributed by atoms with van der Waals surface area (Å²) in [5.41, 5.74) is 2.13. The van der Waals surface area contributed by atoms with Crippen LogP contribution in [0.4, 0.5) is 17.1 Å². The van der Waals surface area contributed by atoms with Crippen LogP contribution < -0.4 is 10.2 Å². The molecule has 2 aromatic carbocycles. The summed E-state index contributed by atoms with van der Waals surface area (Å²) in [6.07, 6.45) is 0.878. The van der Waals surface area contributed by atoms with Gasteiger partial charge in [0.25, 0.3) is 5.69 Å². The van der Waals surface area contributed by atoms with E-state index in [1.165, 1.54) is 23.1 Å². The molecule has 134 valence electrons. The lowest BCUT2D eigenvalue weighted by Gasteiger charge is -2.17. The zero-order chi connectivity index (χ0) is 18.7. The van der Waals surface area contributed by atoms with Gasteiger partial charge in [-0.3, -0.25) is 19.7 Å². The van der Waals surface area contributed by atoms with Gasteiger partial charge in [0.05, 0.1) is 16.5 Å². The topological polar surface area (TPSA) is 92.6 Å². The molecule has 1 atom stereocenters. The Hall–Kier alpha value is -3.22. The molecule has 1 fully saturated rings. The van der Waals surface area contributed by atoms with E-state index in [1.807, 2.05) is 31.2 Å². The molecule has 0 saturated carbocycles. The van der Waals surface area contributed by atoms with Gasteiger partial charge in [0.15, 0.2) is 0 Å². The number of anilines is 2. The number of amides is 2. The molecule has 1 heterocycles. The van der Waals surface area contributed by atoms with Gasteiger partial charge in [-0.1, -0.05) is 31.2 Å². The normalized spacial score (nSPS) is 16.6. The van der Waals surface area contributed by atoms with E-state index in [0.717, 1.165) is 17.7 Å². The van der Waals surface area contributed by atoms with Gasteiger partial charge in [-0.05, 0) is 24.1 Å². The Morgan fingerprint density at radius 3 is 2.77 bits per heavy atom. The monoisotopic (exact) mass is 353 g/mol. The van der Waals surface area contributed by atoms with E-state index < -0.39 is 10.8 Å². The highest BCUT2D eigenvalue weighted by atomic mass is 16.6. The minimum Gasteiger partial charge on any atom is -0.326 e. The number of carbonyl (C=O) groups is 2. The summed E-state index contributed by atoms with van der Waals surface area (Å²) < 4.78 is 0. The van der Waals surface area contributed by atoms with Crippen molar-refractivity contribution >= 4 is 28.9 Å². The second-order valence-electron chi connectivity index (χ2n) is 6.18. The van der Waals surface area contributed by atoms with Crippen LogP contribution in [0.25, 0.3) is 0 Å². The molecule has 26 heavy (non-hydrogen) atoms. The Bertz CT molecular complexity index is 865. The van der Waals surface area contributed by atoms with Crippen LogP contribution in [0, 0.1) is 16.0 Å². The van der Waals surface area contributed by atoms with Crippen LogP contribution in [0.3, 0.4) is 0 Å². The molecule has 0 spiro atoms. The molecule has 0 aliphatic carbocycles. The third-order valence-electron chi connectivity index (χ3n) is 4.50. The maximum Gasteiger partial charge on any atom is 0.271 e. The Morgan fingerprint density at radius 2 is 2.04 bits per heavy atom. The van der Waals surface area contributed by atoms with E-state index in [-0.39, 0.29) is 30.5 Å². The summed E-state index contributed by atoms with van der Waals surface area (Å²) in [5, 5.41) is 13.8. The van der Waals surface area contributed by atoms with Crippen LogP contribution in [-0.4, -0.2) is 23.3 Å². The van der Waals surface area contributed by atoms with Gasteiger partial charge in [0.1, 0.15) is 0 Å². The molecule has 0 unspecified atom stereocenters. The van der Waals surface area contributed by atoms with Gasteiger partial charge in [0.2, 0.25) is 11.8 Å². The Kier molecular flexibility index (Phi) is 4.97. The quantitative estimate of drug-likeness (QED) is 0.660. The number of benzene rings is 2. The molecular formula is C19H19N3O4. The highest BCUT2D eigenvalue weighted by Crippen LogP contribution is 2.29. The molecule has 0 radical (unpaired) electrons. The molecular weight excluding hydrogens is 334 g/mol. The molecule has 1 aliphatic rings. The van der Waals surface area contributed by atoms with Crippen LogP contribution in [-0.2, 0) is 16.0 Å². The average Bonchev–Trinajstić information content (AvgIpc) is 3.04. The van der Waals surface area contributed by atoms with E-state index in [1.54, 1.807) is 6.07 Å². The number of para-hydroxylation sites is 1. The maximum absolute atomic E-state index is 12.6. The Balaban J connectivity index is 1.74. The van der Waals surface area contributed by atoms with Crippen LogP contribution >= 0.6 is 0 Å². The van der Waals surface area contributed by atoms with Crippen molar-refractivity contribution in [2.24, 2.45) is 5.92 Å². The minimum absolute atomic E-state index is 0.0833. The van der Waals surface area contributed by atoms with Crippen molar-refractivity contribution in [1.82, 2.24) is 0 Å². The van der Waals surface area contributed by atoms with Crippen molar-refractivity contribution < 1.29 is 14.5 Å². The highest BCUT2D eigenvalue weighted by molar-refractivity contribution is 6.03. The number of nitro benzene ring substituents is 1. The van der Waals surface area contributed by atoms with E-state index in [4.69, 9.17) is 0 Å². The van der Waals surface area contributed by atoms with Gasteiger partial charge in [-0.25, -0.2) is 0 Å². The predicted molar refractivity (Wildman–Crippen MR) is 98.0 cm³/mol. The lowest BCUT2D eigenvalue weighted by Crippen LogP contribution is -2.28. The molecule has 7 nitrogen and oxygen atoms in total. The van der Waals surface area contributed by atoms with Crippen LogP contribution in [0.15, 0.2) is 48.5 Å². The number of aryl methyl sites for hydroxylation is 1. The number of nitro groups is 1. The van der Waals surface area contributed by atoms with Crippen molar-refractivity contribution in [3.8, 4) is 0 Å². The summed E-state index contributed by atoms with van der Waals surface area (Å²) in [6, 6.07) is 13.4. The predicted octanol–water partition coefficient (Wildman–Crippen LogP) is 3.15. The Morgan fingerprint density at radius 1 is 1.27 bits per heavy atom. The first-order valence-electron chi connectivity index (χ1n) is 8.43. The lowest BCUT2D eigenvalue weighted by molar-refractivity contribution is -0.384. The summed E-state index contributed by atoms with van der Waals surface area (Å²) >= 11 is 0. The zero-order valence-corrected chi connectivity index (χ0v) is 14.3. The third kappa shape index (κ3) is 3.56. The van der Waals surface area contributed by atoms with Gasteiger partial charge < -0.3 is 10.2 Å². The lowest BCUT2D eigenvalue weighted by atomic mass is 10.1. The zero-order valence-electron chi connectivity index (χ0n) is 14.3. The Labute approximate surface area is 150 Å². The van der Waals surface area contributed by atoms with Crippen molar-refractivity contribution in [2.45, 2.75) is 19.8 Å². The summed E-state index contributed by atoms with van der Waals surface area (Å²) in [7, 11) is 0. The number of hydrogen-bond donors (Lipinski definition) is 1. The number of rotatable bonds is 5. The van der Waals surface area contributed by atoms with E-state index in [9.17, 15) is 19.7 Å². The van der Waals surface area contributed by atoms with Crippen molar-refractivity contribution in [2.75, 3.05) is 16.8 Å². The summed E-state index contributed by atoms with van der Waals surface area (Å²) in [5.74, 6) is -0.923. The van der Waals surface area contributed by atoms with Crippen LogP contribution in [0.2, 0.25) is 0 Å². The fourth-order valence-corrected chi connectivity index (χ4v) is 3.09. The molecule has 1 N–H and O–H groups in total. The van der Waals surface area contributed by atoms with E-state index >= 15 is 0 Å². The van der Waals surface area contributed by atoms with Crippen molar-refractivity contribution in [3.05, 3.63) is 64.2 Å². The number of non-ortho nitro benzene ring substituents is 1. The van der Waals surface area contributed by atoms with Crippen LogP contribution in [0.1, 0.15) is 18.9 Å². The molecule has 2 amide bonds. The first kappa shape index (κ1) is 17.6. The van der Waals surface area contributed by atoms with Gasteiger partial charge in [0, 0.05) is 30.8 Å². The largest absolute Gasteiger partial charge is 0.326 e. The molecule has 2 aromatic rings. The molecule has 1 aliphatic heterocycles. The van der Waals surface area contributed by atoms with Gasteiger partial charge >= 0.3 is 0 Å². The van der Waals surface area contributed by atoms with Crippen molar-refractivity contribution in [1.29, 1.82) is 0 Å². The number of hydrogen-bond acceptors (Lipinski definition) is 4. The fourth-order valence-electron chi connectivity index (χ4n) is 3.09. The second-order valence-corrected chi connectivity index (χ2v) is 6.18. The second kappa shape index (κ2) is 7.35. The first-order chi connectivity index (χ1) is 12.5. The third-order valence-corrected chi connectivity index (χ3v) is 4.50.